The lowest BCUT2D eigenvalue weighted by molar-refractivity contribution is -0.154. The maximum Gasteiger partial charge on any atom is 0.422 e. The van der Waals surface area contributed by atoms with Gasteiger partial charge in [0, 0.05) is 11.8 Å². The molecule has 0 amide bonds. The van der Waals surface area contributed by atoms with Gasteiger partial charge in [-0.1, -0.05) is 6.08 Å². The number of allylic oxidation sites excluding steroid dienone is 2. The fourth-order valence-electron chi connectivity index (χ4n) is 2.13. The van der Waals surface area contributed by atoms with Gasteiger partial charge in [0.1, 0.15) is 0 Å². The van der Waals surface area contributed by atoms with Gasteiger partial charge in [-0.05, 0) is 49.8 Å². The number of rotatable bonds is 3. The van der Waals surface area contributed by atoms with E-state index in [1.807, 2.05) is 13.0 Å². The second-order valence-corrected chi connectivity index (χ2v) is 4.74. The summed E-state index contributed by atoms with van der Waals surface area (Å²) in [5.74, 6) is 0.0797. The zero-order valence-corrected chi connectivity index (χ0v) is 10.8. The monoisotopic (exact) mass is 271 g/mol. The van der Waals surface area contributed by atoms with Crippen LogP contribution in [0.1, 0.15) is 36.8 Å². The summed E-state index contributed by atoms with van der Waals surface area (Å²) in [4.78, 5) is 3.99. The first-order valence-electron chi connectivity index (χ1n) is 6.31. The van der Waals surface area contributed by atoms with Crippen LogP contribution in [0, 0.1) is 6.92 Å². The van der Waals surface area contributed by atoms with Gasteiger partial charge in [-0.15, -0.1) is 0 Å². The molecule has 2 nitrogen and oxygen atoms in total. The second kappa shape index (κ2) is 5.63. The van der Waals surface area contributed by atoms with E-state index >= 15 is 0 Å². The molecule has 0 spiro atoms. The predicted octanol–water partition coefficient (Wildman–Crippen LogP) is 4.29. The van der Waals surface area contributed by atoms with Crippen molar-refractivity contribution < 1.29 is 17.9 Å². The van der Waals surface area contributed by atoms with Crippen LogP contribution in [0.3, 0.4) is 0 Å². The molecule has 19 heavy (non-hydrogen) atoms. The lowest BCUT2D eigenvalue weighted by Gasteiger charge is -2.17. The Morgan fingerprint density at radius 3 is 2.74 bits per heavy atom. The van der Waals surface area contributed by atoms with Gasteiger partial charge in [0.25, 0.3) is 0 Å². The van der Waals surface area contributed by atoms with Crippen LogP contribution < -0.4 is 4.74 Å². The molecule has 0 saturated carbocycles. The molecule has 0 bridgehead atoms. The zero-order chi connectivity index (χ0) is 13.9. The van der Waals surface area contributed by atoms with Crippen LogP contribution in [0.5, 0.6) is 5.88 Å². The maximum atomic E-state index is 12.2. The van der Waals surface area contributed by atoms with Gasteiger partial charge in [0.2, 0.25) is 5.88 Å². The van der Waals surface area contributed by atoms with Crippen molar-refractivity contribution in [1.82, 2.24) is 4.98 Å². The highest BCUT2D eigenvalue weighted by Crippen LogP contribution is 2.32. The van der Waals surface area contributed by atoms with E-state index in [1.165, 1.54) is 6.20 Å². The molecule has 104 valence electrons. The number of halogens is 3. The highest BCUT2D eigenvalue weighted by Gasteiger charge is 2.29. The van der Waals surface area contributed by atoms with Gasteiger partial charge < -0.3 is 4.74 Å². The highest BCUT2D eigenvalue weighted by molar-refractivity contribution is 5.70. The van der Waals surface area contributed by atoms with E-state index in [-0.39, 0.29) is 5.88 Å². The number of alkyl halides is 3. The Bertz CT molecular complexity index is 480. The van der Waals surface area contributed by atoms with Gasteiger partial charge in [0.15, 0.2) is 6.61 Å². The molecule has 0 fully saturated rings. The number of aromatic nitrogens is 1. The van der Waals surface area contributed by atoms with E-state index < -0.39 is 12.8 Å². The number of nitrogens with zero attached hydrogens (tertiary/aromatic N) is 1. The molecule has 1 aliphatic carbocycles. The first kappa shape index (κ1) is 13.9. The molecular formula is C14H16F3NO. The quantitative estimate of drug-likeness (QED) is 0.818. The normalized spacial score (nSPS) is 16.1. The van der Waals surface area contributed by atoms with Crippen molar-refractivity contribution in [3.8, 4) is 5.88 Å². The number of aryl methyl sites for hydroxylation is 1. The van der Waals surface area contributed by atoms with Crippen LogP contribution in [0.4, 0.5) is 13.2 Å². The predicted molar refractivity (Wildman–Crippen MR) is 67.0 cm³/mol. The minimum Gasteiger partial charge on any atom is -0.468 e. The number of pyridine rings is 1. The molecule has 2 rings (SSSR count). The summed E-state index contributed by atoms with van der Waals surface area (Å²) in [6, 6.07) is 1.84. The minimum absolute atomic E-state index is 0.0797. The molecule has 1 aromatic heterocycles. The van der Waals surface area contributed by atoms with E-state index in [1.54, 1.807) is 0 Å². The number of hydrogen-bond acceptors (Lipinski definition) is 2. The molecule has 0 radical (unpaired) electrons. The fourth-order valence-corrected chi connectivity index (χ4v) is 2.13. The molecule has 1 heterocycles. The van der Waals surface area contributed by atoms with Crippen LogP contribution in [0.2, 0.25) is 0 Å². The van der Waals surface area contributed by atoms with E-state index in [4.69, 9.17) is 4.74 Å². The van der Waals surface area contributed by atoms with Gasteiger partial charge in [-0.3, -0.25) is 0 Å². The zero-order valence-electron chi connectivity index (χ0n) is 10.8. The molecule has 0 aliphatic heterocycles. The lowest BCUT2D eigenvalue weighted by Crippen LogP contribution is -2.20. The van der Waals surface area contributed by atoms with E-state index in [0.29, 0.717) is 5.56 Å². The largest absolute Gasteiger partial charge is 0.468 e. The van der Waals surface area contributed by atoms with Gasteiger partial charge >= 0.3 is 6.18 Å². The van der Waals surface area contributed by atoms with Gasteiger partial charge in [-0.25, -0.2) is 4.98 Å². The van der Waals surface area contributed by atoms with Crippen molar-refractivity contribution in [3.05, 3.63) is 29.5 Å². The summed E-state index contributed by atoms with van der Waals surface area (Å²) in [6.07, 6.45) is 3.26. The molecule has 0 saturated heterocycles. The van der Waals surface area contributed by atoms with Crippen LogP contribution in [-0.2, 0) is 0 Å². The van der Waals surface area contributed by atoms with Gasteiger partial charge in [-0.2, -0.15) is 13.2 Å². The lowest BCUT2D eigenvalue weighted by atomic mass is 9.94. The third-order valence-corrected chi connectivity index (χ3v) is 3.00. The summed E-state index contributed by atoms with van der Waals surface area (Å²) in [5, 5.41) is 0. The third-order valence-electron chi connectivity index (χ3n) is 3.00. The Hall–Kier alpha value is -1.52. The molecule has 1 aliphatic rings. The summed E-state index contributed by atoms with van der Waals surface area (Å²) in [7, 11) is 0. The van der Waals surface area contributed by atoms with Crippen LogP contribution in [-0.4, -0.2) is 17.8 Å². The molecule has 5 heteroatoms. The number of ether oxygens (including phenoxy) is 1. The van der Waals surface area contributed by atoms with Crippen molar-refractivity contribution in [1.29, 1.82) is 0 Å². The van der Waals surface area contributed by atoms with Gasteiger partial charge in [0.05, 0.1) is 0 Å². The van der Waals surface area contributed by atoms with Crippen molar-refractivity contribution >= 4 is 5.57 Å². The van der Waals surface area contributed by atoms with Crippen LogP contribution in [0.25, 0.3) is 5.57 Å². The van der Waals surface area contributed by atoms with Crippen LogP contribution in [0.15, 0.2) is 18.3 Å². The average molecular weight is 271 g/mol. The molecule has 0 aromatic carbocycles. The van der Waals surface area contributed by atoms with E-state index in [2.05, 4.69) is 11.1 Å². The topological polar surface area (TPSA) is 22.1 Å². The molecule has 0 N–H and O–H groups in total. The summed E-state index contributed by atoms with van der Waals surface area (Å²) >= 11 is 0. The average Bonchev–Trinajstić information content (AvgIpc) is 2.37. The first-order chi connectivity index (χ1) is 8.96. The fraction of sp³-hybridized carbons (Fsp3) is 0.500. The van der Waals surface area contributed by atoms with Crippen LogP contribution >= 0.6 is 0 Å². The summed E-state index contributed by atoms with van der Waals surface area (Å²) in [5.41, 5.74) is 2.66. The Balaban J connectivity index is 2.25. The third kappa shape index (κ3) is 3.98. The summed E-state index contributed by atoms with van der Waals surface area (Å²) in [6.45, 7) is 0.566. The summed E-state index contributed by atoms with van der Waals surface area (Å²) < 4.78 is 41.5. The Morgan fingerprint density at radius 1 is 1.32 bits per heavy atom. The highest BCUT2D eigenvalue weighted by atomic mass is 19.4. The Kier molecular flexibility index (Phi) is 4.12. The first-order valence-corrected chi connectivity index (χ1v) is 6.31. The number of hydrogen-bond donors (Lipinski definition) is 0. The Labute approximate surface area is 110 Å². The molecule has 1 aromatic rings. The van der Waals surface area contributed by atoms with Crippen molar-refractivity contribution in [2.24, 2.45) is 0 Å². The maximum absolute atomic E-state index is 12.2. The standard InChI is InChI=1S/C14H16F3NO/c1-10-7-12(11-5-3-2-4-6-11)13(18-8-10)19-9-14(15,16)17/h5,7-8H,2-4,6,9H2,1H3. The van der Waals surface area contributed by atoms with E-state index in [9.17, 15) is 13.2 Å². The second-order valence-electron chi connectivity index (χ2n) is 4.74. The molecule has 0 atom stereocenters. The van der Waals surface area contributed by atoms with Crippen molar-refractivity contribution in [2.75, 3.05) is 6.61 Å². The smallest absolute Gasteiger partial charge is 0.422 e. The molecular weight excluding hydrogens is 255 g/mol. The van der Waals surface area contributed by atoms with Crippen molar-refractivity contribution in [3.63, 3.8) is 0 Å². The SMILES string of the molecule is Cc1cnc(OCC(F)(F)F)c(C2=CCCCC2)c1. The molecule has 0 unspecified atom stereocenters. The van der Waals surface area contributed by atoms with Crippen molar-refractivity contribution in [2.45, 2.75) is 38.8 Å². The minimum atomic E-state index is -4.34. The van der Waals surface area contributed by atoms with E-state index in [0.717, 1.165) is 36.8 Å². The Morgan fingerprint density at radius 2 is 2.11 bits per heavy atom.